The first-order chi connectivity index (χ1) is 12.6. The number of hydrazine groups is 1. The van der Waals surface area contributed by atoms with Crippen LogP contribution in [0.2, 0.25) is 0 Å². The van der Waals surface area contributed by atoms with Gasteiger partial charge in [0.2, 0.25) is 5.91 Å². The number of aliphatic hydroxyl groups is 1. The molecule has 26 heavy (non-hydrogen) atoms. The molecule has 2 saturated heterocycles. The Labute approximate surface area is 155 Å². The van der Waals surface area contributed by atoms with Gasteiger partial charge in [0.1, 0.15) is 5.75 Å². The molecule has 3 atom stereocenters. The highest BCUT2D eigenvalue weighted by atomic mass is 16.5. The summed E-state index contributed by atoms with van der Waals surface area (Å²) in [5, 5.41) is 14.9. The average Bonchev–Trinajstić information content (AvgIpc) is 3.10. The first-order valence-corrected chi connectivity index (χ1v) is 9.53. The largest absolute Gasteiger partial charge is 0.497 e. The molecular weight excluding hydrogens is 332 g/mol. The zero-order valence-electron chi connectivity index (χ0n) is 15.8. The van der Waals surface area contributed by atoms with Crippen molar-refractivity contribution in [2.45, 2.75) is 56.7 Å². The lowest BCUT2D eigenvalue weighted by Crippen LogP contribution is -2.56. The first-order valence-electron chi connectivity index (χ1n) is 9.53. The maximum Gasteiger partial charge on any atom is 0.237 e. The molecule has 2 aliphatic rings. The topological polar surface area (TPSA) is 62.2 Å². The van der Waals surface area contributed by atoms with Crippen LogP contribution in [-0.4, -0.2) is 60.5 Å². The Balaban J connectivity index is 1.72. The predicted octanol–water partition coefficient (Wildman–Crippen LogP) is 2.53. The molecule has 2 aliphatic heterocycles. The summed E-state index contributed by atoms with van der Waals surface area (Å²) in [4.78, 5) is 12.7. The molecule has 1 unspecified atom stereocenters. The molecule has 1 aromatic carbocycles. The number of nitrogens with zero attached hydrogens (tertiary/aromatic N) is 2. The highest BCUT2D eigenvalue weighted by molar-refractivity contribution is 5.76. The number of carbonyl (C=O) groups excluding carboxylic acids is 1. The maximum atomic E-state index is 12.7. The minimum absolute atomic E-state index is 0.0332. The second kappa shape index (κ2) is 8.84. The normalized spacial score (nSPS) is 25.5. The lowest BCUT2D eigenvalue weighted by Gasteiger charge is -2.44. The van der Waals surface area contributed by atoms with Gasteiger partial charge in [0, 0.05) is 20.1 Å². The Kier molecular flexibility index (Phi) is 6.51. The molecule has 1 amide bonds. The summed E-state index contributed by atoms with van der Waals surface area (Å²) in [6, 6.07) is 7.78. The third-order valence-corrected chi connectivity index (χ3v) is 5.51. The van der Waals surface area contributed by atoms with Crippen molar-refractivity contribution in [3.05, 3.63) is 29.8 Å². The van der Waals surface area contributed by atoms with Crippen LogP contribution in [0.15, 0.2) is 24.3 Å². The summed E-state index contributed by atoms with van der Waals surface area (Å²) in [6.45, 7) is 1.52. The fourth-order valence-electron chi connectivity index (χ4n) is 4.19. The van der Waals surface area contributed by atoms with Crippen LogP contribution in [0.1, 0.15) is 50.2 Å². The van der Waals surface area contributed by atoms with E-state index < -0.39 is 6.10 Å². The third-order valence-electron chi connectivity index (χ3n) is 5.51. The van der Waals surface area contributed by atoms with E-state index in [0.29, 0.717) is 19.4 Å². The molecule has 6 nitrogen and oxygen atoms in total. The van der Waals surface area contributed by atoms with Crippen molar-refractivity contribution in [2.24, 2.45) is 0 Å². The van der Waals surface area contributed by atoms with Gasteiger partial charge in [0.05, 0.1) is 31.9 Å². The average molecular weight is 362 g/mol. The van der Waals surface area contributed by atoms with Gasteiger partial charge in [-0.25, -0.2) is 5.01 Å². The minimum Gasteiger partial charge on any atom is -0.497 e. The Morgan fingerprint density at radius 2 is 1.88 bits per heavy atom. The van der Waals surface area contributed by atoms with Crippen LogP contribution >= 0.6 is 0 Å². The van der Waals surface area contributed by atoms with Crippen LogP contribution in [0.4, 0.5) is 0 Å². The summed E-state index contributed by atoms with van der Waals surface area (Å²) in [6.07, 6.45) is 4.48. The number of ether oxygens (including phenoxy) is 2. The number of rotatable bonds is 7. The minimum atomic E-state index is -0.595. The van der Waals surface area contributed by atoms with Crippen LogP contribution < -0.4 is 4.74 Å². The SMILES string of the molecule is COC[C@@H]1CCCN1N1C(=O)CCC[C@@H]1CC(O)c1ccc(OC)cc1. The molecule has 2 fully saturated rings. The Morgan fingerprint density at radius 3 is 2.58 bits per heavy atom. The predicted molar refractivity (Wildman–Crippen MR) is 98.7 cm³/mol. The summed E-state index contributed by atoms with van der Waals surface area (Å²) < 4.78 is 10.5. The zero-order valence-corrected chi connectivity index (χ0v) is 15.8. The molecule has 0 bridgehead atoms. The van der Waals surface area contributed by atoms with Crippen LogP contribution in [0.3, 0.4) is 0 Å². The summed E-state index contributed by atoms with van der Waals surface area (Å²) in [5.41, 5.74) is 0.860. The molecule has 0 aliphatic carbocycles. The third kappa shape index (κ3) is 4.19. The molecule has 1 aromatic rings. The Morgan fingerprint density at radius 1 is 1.15 bits per heavy atom. The van der Waals surface area contributed by atoms with Gasteiger partial charge in [-0.3, -0.25) is 9.80 Å². The molecule has 6 heteroatoms. The van der Waals surface area contributed by atoms with Gasteiger partial charge >= 0.3 is 0 Å². The fourth-order valence-corrected chi connectivity index (χ4v) is 4.19. The van der Waals surface area contributed by atoms with E-state index in [4.69, 9.17) is 9.47 Å². The van der Waals surface area contributed by atoms with Gasteiger partial charge in [-0.2, -0.15) is 0 Å². The summed E-state index contributed by atoms with van der Waals surface area (Å²) >= 11 is 0. The molecule has 2 heterocycles. The number of hydrogen-bond donors (Lipinski definition) is 1. The van der Waals surface area contributed by atoms with Crippen LogP contribution in [-0.2, 0) is 9.53 Å². The maximum absolute atomic E-state index is 12.7. The Bertz CT molecular complexity index is 592. The smallest absolute Gasteiger partial charge is 0.237 e. The number of methoxy groups -OCH3 is 2. The van der Waals surface area contributed by atoms with Gasteiger partial charge < -0.3 is 14.6 Å². The summed E-state index contributed by atoms with van der Waals surface area (Å²) in [5.74, 6) is 0.945. The quantitative estimate of drug-likeness (QED) is 0.808. The van der Waals surface area contributed by atoms with E-state index in [9.17, 15) is 9.90 Å². The van der Waals surface area contributed by atoms with Crippen LogP contribution in [0.5, 0.6) is 5.75 Å². The standard InChI is InChI=1S/C20H30N2O4/c1-25-14-17-6-4-12-21(17)22-16(5-3-7-20(22)24)13-19(23)15-8-10-18(26-2)11-9-15/h8-11,16-17,19,23H,3-7,12-14H2,1-2H3/t16-,17+,19?/m1/s1. The number of benzene rings is 1. The first kappa shape index (κ1) is 19.1. The van der Waals surface area contributed by atoms with Gasteiger partial charge in [0.25, 0.3) is 0 Å². The van der Waals surface area contributed by atoms with Gasteiger partial charge in [-0.15, -0.1) is 0 Å². The second-order valence-electron chi connectivity index (χ2n) is 7.22. The van der Waals surface area contributed by atoms with Crippen molar-refractivity contribution in [1.82, 2.24) is 10.0 Å². The van der Waals surface area contributed by atoms with E-state index in [2.05, 4.69) is 5.01 Å². The number of aliphatic hydroxyl groups excluding tert-OH is 1. The number of amides is 1. The molecule has 0 radical (unpaired) electrons. The van der Waals surface area contributed by atoms with Crippen molar-refractivity contribution in [1.29, 1.82) is 0 Å². The van der Waals surface area contributed by atoms with Gasteiger partial charge in [-0.05, 0) is 49.8 Å². The van der Waals surface area contributed by atoms with E-state index in [0.717, 1.165) is 43.5 Å². The molecule has 0 aromatic heterocycles. The van der Waals surface area contributed by atoms with Crippen molar-refractivity contribution < 1.29 is 19.4 Å². The lowest BCUT2D eigenvalue weighted by atomic mass is 9.94. The highest BCUT2D eigenvalue weighted by Crippen LogP contribution is 2.32. The lowest BCUT2D eigenvalue weighted by molar-refractivity contribution is -0.167. The molecular formula is C20H30N2O4. The van der Waals surface area contributed by atoms with Gasteiger partial charge in [-0.1, -0.05) is 12.1 Å². The van der Waals surface area contributed by atoms with E-state index in [-0.39, 0.29) is 18.0 Å². The van der Waals surface area contributed by atoms with E-state index in [1.807, 2.05) is 29.3 Å². The fraction of sp³-hybridized carbons (Fsp3) is 0.650. The van der Waals surface area contributed by atoms with Gasteiger partial charge in [0.15, 0.2) is 0 Å². The summed E-state index contributed by atoms with van der Waals surface area (Å²) in [7, 11) is 3.34. The van der Waals surface area contributed by atoms with Crippen molar-refractivity contribution >= 4 is 5.91 Å². The van der Waals surface area contributed by atoms with Crippen LogP contribution in [0.25, 0.3) is 0 Å². The number of hydrogen-bond acceptors (Lipinski definition) is 5. The zero-order chi connectivity index (χ0) is 18.5. The van der Waals surface area contributed by atoms with E-state index in [1.165, 1.54) is 0 Å². The van der Waals surface area contributed by atoms with Crippen molar-refractivity contribution in [3.8, 4) is 5.75 Å². The number of piperidine rings is 1. The monoisotopic (exact) mass is 362 g/mol. The van der Waals surface area contributed by atoms with E-state index in [1.54, 1.807) is 14.2 Å². The molecule has 3 rings (SSSR count). The van der Waals surface area contributed by atoms with Crippen LogP contribution in [0, 0.1) is 0 Å². The van der Waals surface area contributed by atoms with Crippen molar-refractivity contribution in [2.75, 3.05) is 27.4 Å². The van der Waals surface area contributed by atoms with E-state index >= 15 is 0 Å². The molecule has 1 N–H and O–H groups in total. The highest BCUT2D eigenvalue weighted by Gasteiger charge is 2.39. The molecule has 0 spiro atoms. The Hall–Kier alpha value is -1.63. The number of carbonyl (C=O) groups is 1. The second-order valence-corrected chi connectivity index (χ2v) is 7.22. The molecule has 0 saturated carbocycles. The molecule has 144 valence electrons. The van der Waals surface area contributed by atoms with Crippen molar-refractivity contribution in [3.63, 3.8) is 0 Å².